The lowest BCUT2D eigenvalue weighted by Crippen LogP contribution is -2.63. The summed E-state index contributed by atoms with van der Waals surface area (Å²) in [5, 5.41) is 0. The van der Waals surface area contributed by atoms with Crippen LogP contribution in [0.4, 0.5) is 22.0 Å². The molecule has 0 saturated carbocycles. The third-order valence-electron chi connectivity index (χ3n) is 2.74. The van der Waals surface area contributed by atoms with Crippen LogP contribution in [-0.2, 0) is 4.74 Å². The quantitative estimate of drug-likeness (QED) is 0.568. The van der Waals surface area contributed by atoms with E-state index in [0.29, 0.717) is 6.92 Å². The maximum Gasteiger partial charge on any atom is 0.423 e. The van der Waals surface area contributed by atoms with Crippen LogP contribution in [0.3, 0.4) is 0 Å². The maximum absolute atomic E-state index is 13.3. The van der Waals surface area contributed by atoms with E-state index < -0.39 is 23.6 Å². The van der Waals surface area contributed by atoms with Crippen molar-refractivity contribution in [3.8, 4) is 0 Å². The van der Waals surface area contributed by atoms with Crippen LogP contribution in [0.15, 0.2) is 0 Å². The first kappa shape index (κ1) is 11.7. The largest absolute Gasteiger partial charge is 0.423 e. The van der Waals surface area contributed by atoms with Gasteiger partial charge in [0, 0.05) is 12.5 Å². The fourth-order valence-corrected chi connectivity index (χ4v) is 1.46. The predicted octanol–water partition coefficient (Wildman–Crippen LogP) is 3.00. The van der Waals surface area contributed by atoms with Crippen molar-refractivity contribution in [3.63, 3.8) is 0 Å². The van der Waals surface area contributed by atoms with Gasteiger partial charge in [0.2, 0.25) is 5.60 Å². The van der Waals surface area contributed by atoms with E-state index >= 15 is 0 Å². The minimum atomic E-state index is -5.05. The Balaban J connectivity index is 3.07. The fourth-order valence-electron chi connectivity index (χ4n) is 1.46. The minimum Gasteiger partial charge on any atom is -0.360 e. The molecule has 0 aliphatic carbocycles. The summed E-state index contributed by atoms with van der Waals surface area (Å²) in [6, 6.07) is 0. The second kappa shape index (κ2) is 3.05. The third kappa shape index (κ3) is 1.39. The highest BCUT2D eigenvalue weighted by Gasteiger charge is 2.70. The van der Waals surface area contributed by atoms with Gasteiger partial charge in [-0.25, -0.2) is 8.78 Å². The molecule has 0 aromatic carbocycles. The molecule has 0 aromatic rings. The molecule has 0 spiro atoms. The van der Waals surface area contributed by atoms with E-state index in [1.54, 1.807) is 0 Å². The molecule has 2 atom stereocenters. The Morgan fingerprint density at radius 3 is 2.14 bits per heavy atom. The normalized spacial score (nSPS) is 38.4. The molecular weight excluding hydrogens is 207 g/mol. The summed E-state index contributed by atoms with van der Waals surface area (Å²) in [6.07, 6.45) is -5.11. The molecule has 0 bridgehead atoms. The summed E-state index contributed by atoms with van der Waals surface area (Å²) in [7, 11) is 0. The minimum absolute atomic E-state index is 0.0569. The van der Waals surface area contributed by atoms with E-state index in [1.807, 2.05) is 0 Å². The average Bonchev–Trinajstić information content (AvgIpc) is 1.98. The van der Waals surface area contributed by atoms with Crippen LogP contribution in [0.1, 0.15) is 20.3 Å². The Bertz CT molecular complexity index is 224. The summed E-state index contributed by atoms with van der Waals surface area (Å²) < 4.78 is 68.0. The van der Waals surface area contributed by atoms with Gasteiger partial charge in [-0.2, -0.15) is 13.2 Å². The molecule has 1 rings (SSSR count). The van der Waals surface area contributed by atoms with Gasteiger partial charge in [0.1, 0.15) is 0 Å². The predicted molar refractivity (Wildman–Crippen MR) is 39.1 cm³/mol. The molecule has 1 heterocycles. The van der Waals surface area contributed by atoms with Crippen molar-refractivity contribution in [1.29, 1.82) is 0 Å². The number of halogens is 5. The summed E-state index contributed by atoms with van der Waals surface area (Å²) >= 11 is 0. The van der Waals surface area contributed by atoms with Crippen LogP contribution in [0.2, 0.25) is 0 Å². The Kier molecular flexibility index (Phi) is 2.54. The topological polar surface area (TPSA) is 9.23 Å². The lowest BCUT2D eigenvalue weighted by molar-refractivity contribution is -0.366. The molecular formula is C8H11F5O. The van der Waals surface area contributed by atoms with Crippen molar-refractivity contribution in [3.05, 3.63) is 0 Å². The van der Waals surface area contributed by atoms with Crippen LogP contribution < -0.4 is 0 Å². The zero-order chi connectivity index (χ0) is 11.2. The van der Waals surface area contributed by atoms with Gasteiger partial charge in [0.15, 0.2) is 0 Å². The zero-order valence-corrected chi connectivity index (χ0v) is 7.79. The molecule has 6 heteroatoms. The molecule has 1 nitrogen and oxygen atoms in total. The Morgan fingerprint density at radius 1 is 1.29 bits per heavy atom. The standard InChI is InChI=1S/C8H11F5O/c1-5-3-4-14-6(2,7(5,9)10)8(11,12)13/h5H,3-4H2,1-2H3/t5-,6?/m0/s1. The SMILES string of the molecule is C[C@H]1CCOC(C)(C(F)(F)F)C1(F)F. The third-order valence-corrected chi connectivity index (χ3v) is 2.74. The molecule has 1 saturated heterocycles. The Labute approximate surface area is 78.2 Å². The number of ether oxygens (including phenoxy) is 1. The molecule has 1 unspecified atom stereocenters. The lowest BCUT2D eigenvalue weighted by atomic mass is 9.83. The van der Waals surface area contributed by atoms with E-state index in [-0.39, 0.29) is 13.0 Å². The van der Waals surface area contributed by atoms with Crippen molar-refractivity contribution in [2.24, 2.45) is 5.92 Å². The van der Waals surface area contributed by atoms with Crippen LogP contribution >= 0.6 is 0 Å². The maximum atomic E-state index is 13.3. The molecule has 1 aliphatic rings. The van der Waals surface area contributed by atoms with Gasteiger partial charge in [0.25, 0.3) is 5.92 Å². The molecule has 0 radical (unpaired) electrons. The van der Waals surface area contributed by atoms with E-state index in [4.69, 9.17) is 0 Å². The Hall–Kier alpha value is -0.390. The van der Waals surface area contributed by atoms with E-state index in [9.17, 15) is 22.0 Å². The van der Waals surface area contributed by atoms with Gasteiger partial charge in [0.05, 0.1) is 0 Å². The first-order valence-corrected chi connectivity index (χ1v) is 4.21. The molecule has 84 valence electrons. The molecule has 0 N–H and O–H groups in total. The van der Waals surface area contributed by atoms with E-state index in [2.05, 4.69) is 4.74 Å². The highest BCUT2D eigenvalue weighted by Crippen LogP contribution is 2.51. The van der Waals surface area contributed by atoms with Gasteiger partial charge < -0.3 is 4.74 Å². The molecule has 1 aliphatic heterocycles. The number of alkyl halides is 5. The molecule has 14 heavy (non-hydrogen) atoms. The number of hydrogen-bond donors (Lipinski definition) is 0. The monoisotopic (exact) mass is 218 g/mol. The summed E-state index contributed by atoms with van der Waals surface area (Å²) in [5.41, 5.74) is -3.35. The van der Waals surface area contributed by atoms with E-state index in [0.717, 1.165) is 6.92 Å². The van der Waals surface area contributed by atoms with Gasteiger partial charge >= 0.3 is 6.18 Å². The van der Waals surface area contributed by atoms with Crippen LogP contribution in [0.5, 0.6) is 0 Å². The van der Waals surface area contributed by atoms with Crippen molar-refractivity contribution >= 4 is 0 Å². The van der Waals surface area contributed by atoms with Gasteiger partial charge in [-0.05, 0) is 13.3 Å². The van der Waals surface area contributed by atoms with Gasteiger partial charge in [-0.15, -0.1) is 0 Å². The second-order valence-corrected chi connectivity index (χ2v) is 3.69. The van der Waals surface area contributed by atoms with Crippen molar-refractivity contribution in [2.45, 2.75) is 38.0 Å². The number of hydrogen-bond acceptors (Lipinski definition) is 1. The average molecular weight is 218 g/mol. The van der Waals surface area contributed by atoms with Crippen LogP contribution in [-0.4, -0.2) is 24.3 Å². The van der Waals surface area contributed by atoms with Crippen molar-refractivity contribution < 1.29 is 26.7 Å². The molecule has 0 amide bonds. The fraction of sp³-hybridized carbons (Fsp3) is 1.00. The van der Waals surface area contributed by atoms with Crippen LogP contribution in [0, 0.1) is 5.92 Å². The van der Waals surface area contributed by atoms with Crippen LogP contribution in [0.25, 0.3) is 0 Å². The Morgan fingerprint density at radius 2 is 1.79 bits per heavy atom. The summed E-state index contributed by atoms with van der Waals surface area (Å²) in [4.78, 5) is 0. The molecule has 0 aromatic heterocycles. The zero-order valence-electron chi connectivity index (χ0n) is 7.79. The molecule has 1 fully saturated rings. The number of rotatable bonds is 0. The van der Waals surface area contributed by atoms with Crippen molar-refractivity contribution in [2.75, 3.05) is 6.61 Å². The first-order chi connectivity index (χ1) is 6.13. The highest BCUT2D eigenvalue weighted by atomic mass is 19.4. The summed E-state index contributed by atoms with van der Waals surface area (Å²) in [6.45, 7) is 1.22. The first-order valence-electron chi connectivity index (χ1n) is 4.21. The lowest BCUT2D eigenvalue weighted by Gasteiger charge is -2.44. The smallest absolute Gasteiger partial charge is 0.360 e. The van der Waals surface area contributed by atoms with Gasteiger partial charge in [-0.3, -0.25) is 0 Å². The highest BCUT2D eigenvalue weighted by molar-refractivity contribution is 5.02. The van der Waals surface area contributed by atoms with E-state index in [1.165, 1.54) is 0 Å². The summed E-state index contributed by atoms with van der Waals surface area (Å²) in [5.74, 6) is -5.19. The van der Waals surface area contributed by atoms with Gasteiger partial charge in [-0.1, -0.05) is 6.92 Å². The van der Waals surface area contributed by atoms with Crippen molar-refractivity contribution in [1.82, 2.24) is 0 Å². The second-order valence-electron chi connectivity index (χ2n) is 3.69.